The number of hydrogen-bond acceptors (Lipinski definition) is 4. The Morgan fingerprint density at radius 3 is 2.25 bits per heavy atom. The molecule has 0 aliphatic heterocycles. The molecule has 0 atom stereocenters. The molecular weight excluding hydrogens is 469 g/mol. The SMILES string of the molecule is CN=C(NCCC1=CCCCC1)NCCc1ccc(OC)c(OC)c1OC.I. The van der Waals surface area contributed by atoms with Gasteiger partial charge in [0, 0.05) is 25.7 Å². The van der Waals surface area contributed by atoms with E-state index in [0.717, 1.165) is 37.5 Å². The third kappa shape index (κ3) is 7.07. The third-order valence-electron chi connectivity index (χ3n) is 4.82. The Labute approximate surface area is 186 Å². The molecule has 0 saturated carbocycles. The van der Waals surface area contributed by atoms with E-state index in [1.807, 2.05) is 12.1 Å². The van der Waals surface area contributed by atoms with Crippen molar-refractivity contribution >= 4 is 29.9 Å². The molecule has 1 aromatic carbocycles. The Balaban J connectivity index is 0.00000392. The molecule has 28 heavy (non-hydrogen) atoms. The maximum Gasteiger partial charge on any atom is 0.203 e. The van der Waals surface area contributed by atoms with Crippen molar-refractivity contribution < 1.29 is 14.2 Å². The summed E-state index contributed by atoms with van der Waals surface area (Å²) >= 11 is 0. The fourth-order valence-corrected chi connectivity index (χ4v) is 3.37. The fourth-order valence-electron chi connectivity index (χ4n) is 3.37. The molecule has 0 amide bonds. The quantitative estimate of drug-likeness (QED) is 0.232. The van der Waals surface area contributed by atoms with E-state index >= 15 is 0 Å². The van der Waals surface area contributed by atoms with E-state index in [1.54, 1.807) is 34.0 Å². The molecule has 1 aromatic rings. The number of rotatable bonds is 9. The summed E-state index contributed by atoms with van der Waals surface area (Å²) in [6.45, 7) is 1.65. The smallest absolute Gasteiger partial charge is 0.203 e. The Morgan fingerprint density at radius 2 is 1.68 bits per heavy atom. The summed E-state index contributed by atoms with van der Waals surface area (Å²) in [6.07, 6.45) is 9.40. The fraction of sp³-hybridized carbons (Fsp3) is 0.571. The number of hydrogen-bond donors (Lipinski definition) is 2. The zero-order valence-electron chi connectivity index (χ0n) is 17.5. The van der Waals surface area contributed by atoms with Crippen molar-refractivity contribution in [2.45, 2.75) is 38.5 Å². The van der Waals surface area contributed by atoms with Gasteiger partial charge in [-0.15, -0.1) is 24.0 Å². The van der Waals surface area contributed by atoms with Crippen LogP contribution in [-0.2, 0) is 6.42 Å². The minimum absolute atomic E-state index is 0. The first-order valence-corrected chi connectivity index (χ1v) is 9.63. The van der Waals surface area contributed by atoms with Gasteiger partial charge in [0.2, 0.25) is 5.75 Å². The molecule has 0 radical (unpaired) electrons. The Kier molecular flexibility index (Phi) is 11.8. The van der Waals surface area contributed by atoms with Gasteiger partial charge < -0.3 is 24.8 Å². The van der Waals surface area contributed by atoms with Gasteiger partial charge in [-0.3, -0.25) is 4.99 Å². The first-order valence-electron chi connectivity index (χ1n) is 9.63. The lowest BCUT2D eigenvalue weighted by Gasteiger charge is -2.17. The van der Waals surface area contributed by atoms with Crippen molar-refractivity contribution in [1.82, 2.24) is 10.6 Å². The van der Waals surface area contributed by atoms with E-state index in [1.165, 1.54) is 25.7 Å². The first-order chi connectivity index (χ1) is 13.2. The van der Waals surface area contributed by atoms with Gasteiger partial charge in [0.05, 0.1) is 21.3 Å². The number of nitrogens with one attached hydrogen (secondary N) is 2. The lowest BCUT2D eigenvalue weighted by Crippen LogP contribution is -2.38. The molecule has 6 nitrogen and oxygen atoms in total. The van der Waals surface area contributed by atoms with Gasteiger partial charge >= 0.3 is 0 Å². The van der Waals surface area contributed by atoms with Crippen LogP contribution in [0.4, 0.5) is 0 Å². The van der Waals surface area contributed by atoms with E-state index < -0.39 is 0 Å². The number of methoxy groups -OCH3 is 3. The van der Waals surface area contributed by atoms with Crippen molar-refractivity contribution in [3.63, 3.8) is 0 Å². The van der Waals surface area contributed by atoms with Crippen molar-refractivity contribution in [3.8, 4) is 17.2 Å². The van der Waals surface area contributed by atoms with E-state index in [9.17, 15) is 0 Å². The highest BCUT2D eigenvalue weighted by atomic mass is 127. The van der Waals surface area contributed by atoms with Crippen LogP contribution in [0.2, 0.25) is 0 Å². The number of aliphatic imine (C=N–C) groups is 1. The molecule has 0 spiro atoms. The average molecular weight is 503 g/mol. The molecule has 0 heterocycles. The van der Waals surface area contributed by atoms with Gasteiger partial charge in [-0.05, 0) is 44.6 Å². The molecule has 158 valence electrons. The molecule has 0 saturated heterocycles. The normalized spacial score (nSPS) is 13.9. The second kappa shape index (κ2) is 13.5. The van der Waals surface area contributed by atoms with E-state index in [-0.39, 0.29) is 24.0 Å². The van der Waals surface area contributed by atoms with E-state index in [2.05, 4.69) is 21.7 Å². The van der Waals surface area contributed by atoms with Crippen LogP contribution in [0.3, 0.4) is 0 Å². The molecular formula is C21H34IN3O3. The maximum atomic E-state index is 5.54. The van der Waals surface area contributed by atoms with Crippen LogP contribution in [0, 0.1) is 0 Å². The molecule has 2 N–H and O–H groups in total. The monoisotopic (exact) mass is 503 g/mol. The summed E-state index contributed by atoms with van der Waals surface area (Å²) in [5.74, 6) is 2.83. The molecule has 2 rings (SSSR count). The number of allylic oxidation sites excluding steroid dienone is 1. The summed E-state index contributed by atoms with van der Waals surface area (Å²) in [5, 5.41) is 6.76. The number of guanidine groups is 1. The lowest BCUT2D eigenvalue weighted by molar-refractivity contribution is 0.322. The second-order valence-electron chi connectivity index (χ2n) is 6.53. The molecule has 1 aliphatic rings. The zero-order chi connectivity index (χ0) is 19.5. The van der Waals surface area contributed by atoms with Gasteiger partial charge in [-0.25, -0.2) is 0 Å². The van der Waals surface area contributed by atoms with Crippen LogP contribution < -0.4 is 24.8 Å². The van der Waals surface area contributed by atoms with Gasteiger partial charge in [0.15, 0.2) is 17.5 Å². The molecule has 7 heteroatoms. The van der Waals surface area contributed by atoms with Crippen LogP contribution in [-0.4, -0.2) is 47.4 Å². The van der Waals surface area contributed by atoms with E-state index in [0.29, 0.717) is 17.2 Å². The van der Waals surface area contributed by atoms with Crippen molar-refractivity contribution in [2.24, 2.45) is 4.99 Å². The summed E-state index contributed by atoms with van der Waals surface area (Å²) in [4.78, 5) is 4.30. The third-order valence-corrected chi connectivity index (χ3v) is 4.82. The van der Waals surface area contributed by atoms with Gasteiger partial charge in [-0.1, -0.05) is 17.7 Å². The summed E-state index contributed by atoms with van der Waals surface area (Å²) in [5.41, 5.74) is 2.63. The maximum absolute atomic E-state index is 5.54. The molecule has 0 bridgehead atoms. The largest absolute Gasteiger partial charge is 0.493 e. The second-order valence-corrected chi connectivity index (χ2v) is 6.53. The van der Waals surface area contributed by atoms with Gasteiger partial charge in [-0.2, -0.15) is 0 Å². The highest BCUT2D eigenvalue weighted by Gasteiger charge is 2.15. The summed E-state index contributed by atoms with van der Waals surface area (Å²) in [6, 6.07) is 3.91. The van der Waals surface area contributed by atoms with Gasteiger partial charge in [0.1, 0.15) is 0 Å². The first kappa shape index (κ1) is 24.4. The Morgan fingerprint density at radius 1 is 0.964 bits per heavy atom. The molecule has 0 aromatic heterocycles. The summed E-state index contributed by atoms with van der Waals surface area (Å²) < 4.78 is 16.3. The predicted octanol–water partition coefficient (Wildman–Crippen LogP) is 3.93. The minimum atomic E-state index is 0. The Bertz CT molecular complexity index is 663. The number of halogens is 1. The highest BCUT2D eigenvalue weighted by molar-refractivity contribution is 14.0. The van der Waals surface area contributed by atoms with E-state index in [4.69, 9.17) is 14.2 Å². The van der Waals surface area contributed by atoms with Crippen molar-refractivity contribution in [3.05, 3.63) is 29.3 Å². The lowest BCUT2D eigenvalue weighted by atomic mass is 9.97. The van der Waals surface area contributed by atoms with Crippen LogP contribution in [0.1, 0.15) is 37.7 Å². The highest BCUT2D eigenvalue weighted by Crippen LogP contribution is 2.39. The van der Waals surface area contributed by atoms with Gasteiger partial charge in [0.25, 0.3) is 0 Å². The van der Waals surface area contributed by atoms with Crippen molar-refractivity contribution in [2.75, 3.05) is 41.5 Å². The van der Waals surface area contributed by atoms with Crippen LogP contribution >= 0.6 is 24.0 Å². The molecule has 0 unspecified atom stereocenters. The number of nitrogens with zero attached hydrogens (tertiary/aromatic N) is 1. The van der Waals surface area contributed by atoms with Crippen LogP contribution in [0.25, 0.3) is 0 Å². The minimum Gasteiger partial charge on any atom is -0.493 e. The Hall–Kier alpha value is -1.64. The average Bonchev–Trinajstić information content (AvgIpc) is 2.72. The number of ether oxygens (including phenoxy) is 3. The zero-order valence-corrected chi connectivity index (χ0v) is 19.8. The molecule has 1 aliphatic carbocycles. The predicted molar refractivity (Wildman–Crippen MR) is 126 cm³/mol. The standard InChI is InChI=1S/C21H33N3O3.HI/c1-22-21(23-14-12-16-8-6-5-7-9-16)24-15-13-17-10-11-18(25-2)20(27-4)19(17)26-3;/h8,10-11H,5-7,9,12-15H2,1-4H3,(H2,22,23,24);1H. The molecule has 0 fully saturated rings. The van der Waals surface area contributed by atoms with Crippen molar-refractivity contribution in [1.29, 1.82) is 0 Å². The van der Waals surface area contributed by atoms with Crippen LogP contribution in [0.5, 0.6) is 17.2 Å². The number of benzene rings is 1. The summed E-state index contributed by atoms with van der Waals surface area (Å²) in [7, 11) is 6.69. The van der Waals surface area contributed by atoms with Crippen LogP contribution in [0.15, 0.2) is 28.8 Å². The topological polar surface area (TPSA) is 64.1 Å².